The summed E-state index contributed by atoms with van der Waals surface area (Å²) in [5.41, 5.74) is 8.85. The summed E-state index contributed by atoms with van der Waals surface area (Å²) >= 11 is 0. The number of aliphatic hydroxyl groups excluding tert-OH is 1. The number of hydrogen-bond donors (Lipinski definition) is 2. The predicted octanol–water partition coefficient (Wildman–Crippen LogP) is 3.22. The molecule has 18 heavy (non-hydrogen) atoms. The molecule has 0 fully saturated rings. The number of nitrogens with two attached hydrogens (primary N) is 1. The Morgan fingerprint density at radius 1 is 0.944 bits per heavy atom. The highest BCUT2D eigenvalue weighted by molar-refractivity contribution is 5.66. The van der Waals surface area contributed by atoms with Crippen LogP contribution in [0.5, 0.6) is 0 Å². The number of benzene rings is 2. The van der Waals surface area contributed by atoms with Crippen molar-refractivity contribution in [1.82, 2.24) is 0 Å². The molecule has 0 saturated carbocycles. The quantitative estimate of drug-likeness (QED) is 0.637. The number of azo groups is 1. The molecule has 0 unspecified atom stereocenters. The molecule has 0 atom stereocenters. The van der Waals surface area contributed by atoms with E-state index in [1.807, 2.05) is 48.5 Å². The van der Waals surface area contributed by atoms with Gasteiger partial charge in [0.05, 0.1) is 11.4 Å². The van der Waals surface area contributed by atoms with Crippen molar-refractivity contribution in [2.24, 2.45) is 10.2 Å². The molecule has 0 radical (unpaired) electrons. The third-order valence-electron chi connectivity index (χ3n) is 2.58. The SMILES string of the molecule is Nc1c(CCO)cccc1N=Nc1ccccc1. The summed E-state index contributed by atoms with van der Waals surface area (Å²) in [7, 11) is 0. The van der Waals surface area contributed by atoms with E-state index < -0.39 is 0 Å². The fraction of sp³-hybridized carbons (Fsp3) is 0.143. The van der Waals surface area contributed by atoms with Gasteiger partial charge in [-0.05, 0) is 30.2 Å². The van der Waals surface area contributed by atoms with Crippen molar-refractivity contribution >= 4 is 17.1 Å². The van der Waals surface area contributed by atoms with Gasteiger partial charge < -0.3 is 10.8 Å². The fourth-order valence-corrected chi connectivity index (χ4v) is 1.63. The Kier molecular flexibility index (Phi) is 4.04. The Labute approximate surface area is 106 Å². The van der Waals surface area contributed by atoms with Gasteiger partial charge >= 0.3 is 0 Å². The first-order valence-corrected chi connectivity index (χ1v) is 5.76. The third kappa shape index (κ3) is 2.93. The first-order chi connectivity index (χ1) is 8.81. The molecule has 3 N–H and O–H groups in total. The molecule has 0 saturated heterocycles. The zero-order valence-electron chi connectivity index (χ0n) is 9.95. The zero-order valence-corrected chi connectivity index (χ0v) is 9.95. The van der Waals surface area contributed by atoms with Gasteiger partial charge in [-0.2, -0.15) is 5.11 Å². The molecule has 0 spiro atoms. The Hall–Kier alpha value is -2.20. The highest BCUT2D eigenvalue weighted by Crippen LogP contribution is 2.27. The van der Waals surface area contributed by atoms with E-state index in [4.69, 9.17) is 10.8 Å². The molecule has 0 heterocycles. The molecule has 0 bridgehead atoms. The van der Waals surface area contributed by atoms with E-state index >= 15 is 0 Å². The van der Waals surface area contributed by atoms with Gasteiger partial charge in [-0.3, -0.25) is 0 Å². The van der Waals surface area contributed by atoms with Gasteiger partial charge in [-0.25, -0.2) is 0 Å². The third-order valence-corrected chi connectivity index (χ3v) is 2.58. The molecule has 92 valence electrons. The summed E-state index contributed by atoms with van der Waals surface area (Å²) in [5.74, 6) is 0. The normalized spacial score (nSPS) is 10.9. The fourth-order valence-electron chi connectivity index (χ4n) is 1.63. The molecule has 2 aromatic rings. The van der Waals surface area contributed by atoms with Crippen molar-refractivity contribution in [3.05, 3.63) is 54.1 Å². The molecule has 4 nitrogen and oxygen atoms in total. The molecule has 2 aromatic carbocycles. The lowest BCUT2D eigenvalue weighted by molar-refractivity contribution is 0.300. The van der Waals surface area contributed by atoms with Gasteiger partial charge in [0.1, 0.15) is 5.69 Å². The Bertz CT molecular complexity index is 538. The molecular weight excluding hydrogens is 226 g/mol. The lowest BCUT2D eigenvalue weighted by Crippen LogP contribution is -1.97. The average Bonchev–Trinajstić information content (AvgIpc) is 2.41. The molecular formula is C14H15N3O. The Morgan fingerprint density at radius 3 is 2.44 bits per heavy atom. The lowest BCUT2D eigenvalue weighted by Gasteiger charge is -2.05. The van der Waals surface area contributed by atoms with Crippen LogP contribution >= 0.6 is 0 Å². The number of nitrogens with zero attached hydrogens (tertiary/aromatic N) is 2. The van der Waals surface area contributed by atoms with Crippen LogP contribution in [0.15, 0.2) is 58.8 Å². The van der Waals surface area contributed by atoms with Gasteiger partial charge in [-0.15, -0.1) is 5.11 Å². The average molecular weight is 241 g/mol. The van der Waals surface area contributed by atoms with Crippen LogP contribution in [0.1, 0.15) is 5.56 Å². The first-order valence-electron chi connectivity index (χ1n) is 5.76. The highest BCUT2D eigenvalue weighted by atomic mass is 16.2. The second-order valence-corrected chi connectivity index (χ2v) is 3.86. The maximum absolute atomic E-state index is 8.93. The first kappa shape index (κ1) is 12.3. The van der Waals surface area contributed by atoms with Gasteiger partial charge in [0.15, 0.2) is 0 Å². The minimum absolute atomic E-state index is 0.0729. The smallest absolute Gasteiger partial charge is 0.109 e. The van der Waals surface area contributed by atoms with Crippen molar-refractivity contribution in [3.63, 3.8) is 0 Å². The van der Waals surface area contributed by atoms with Crippen molar-refractivity contribution < 1.29 is 5.11 Å². The summed E-state index contributed by atoms with van der Waals surface area (Å²) < 4.78 is 0. The summed E-state index contributed by atoms with van der Waals surface area (Å²) in [4.78, 5) is 0. The second-order valence-electron chi connectivity index (χ2n) is 3.86. The van der Waals surface area contributed by atoms with Crippen LogP contribution < -0.4 is 5.73 Å². The molecule has 0 aromatic heterocycles. The monoisotopic (exact) mass is 241 g/mol. The molecule has 0 aliphatic rings. The van der Waals surface area contributed by atoms with E-state index in [0.717, 1.165) is 11.3 Å². The number of aliphatic hydroxyl groups is 1. The maximum Gasteiger partial charge on any atom is 0.109 e. The van der Waals surface area contributed by atoms with E-state index in [1.165, 1.54) is 0 Å². The van der Waals surface area contributed by atoms with Crippen LogP contribution in [0.3, 0.4) is 0 Å². The molecule has 2 rings (SSSR count). The minimum Gasteiger partial charge on any atom is -0.397 e. The van der Waals surface area contributed by atoms with Crippen LogP contribution in [0.4, 0.5) is 17.1 Å². The molecule has 4 heteroatoms. The van der Waals surface area contributed by atoms with E-state index in [0.29, 0.717) is 17.8 Å². The number of para-hydroxylation sites is 1. The lowest BCUT2D eigenvalue weighted by atomic mass is 10.1. The van der Waals surface area contributed by atoms with E-state index in [2.05, 4.69) is 10.2 Å². The van der Waals surface area contributed by atoms with Crippen LogP contribution in [0.25, 0.3) is 0 Å². The molecule has 0 aliphatic carbocycles. The largest absolute Gasteiger partial charge is 0.397 e. The second kappa shape index (κ2) is 5.93. The Morgan fingerprint density at radius 2 is 1.72 bits per heavy atom. The van der Waals surface area contributed by atoms with E-state index in [9.17, 15) is 0 Å². The molecule has 0 amide bonds. The van der Waals surface area contributed by atoms with Crippen LogP contribution in [0.2, 0.25) is 0 Å². The van der Waals surface area contributed by atoms with E-state index in [1.54, 1.807) is 0 Å². The van der Waals surface area contributed by atoms with Crippen molar-refractivity contribution in [3.8, 4) is 0 Å². The van der Waals surface area contributed by atoms with Gasteiger partial charge in [0.2, 0.25) is 0 Å². The summed E-state index contributed by atoms with van der Waals surface area (Å²) in [6, 6.07) is 15.0. The van der Waals surface area contributed by atoms with Gasteiger partial charge in [-0.1, -0.05) is 30.3 Å². The Balaban J connectivity index is 2.24. The summed E-state index contributed by atoms with van der Waals surface area (Å²) in [5, 5.41) is 17.2. The number of hydrogen-bond acceptors (Lipinski definition) is 4. The van der Waals surface area contributed by atoms with Gasteiger partial charge in [0, 0.05) is 6.61 Å². The van der Waals surface area contributed by atoms with Crippen LogP contribution in [0, 0.1) is 0 Å². The number of rotatable bonds is 4. The molecule has 0 aliphatic heterocycles. The van der Waals surface area contributed by atoms with Gasteiger partial charge in [0.25, 0.3) is 0 Å². The standard InChI is InChI=1S/C14H15N3O/c15-14-11(9-10-18)5-4-8-13(14)17-16-12-6-2-1-3-7-12/h1-8,18H,9-10,15H2. The minimum atomic E-state index is 0.0729. The van der Waals surface area contributed by atoms with Crippen molar-refractivity contribution in [1.29, 1.82) is 0 Å². The van der Waals surface area contributed by atoms with E-state index in [-0.39, 0.29) is 6.61 Å². The van der Waals surface area contributed by atoms with Crippen molar-refractivity contribution in [2.75, 3.05) is 12.3 Å². The van der Waals surface area contributed by atoms with Crippen LogP contribution in [-0.2, 0) is 6.42 Å². The number of anilines is 1. The predicted molar refractivity (Wildman–Crippen MR) is 72.3 cm³/mol. The van der Waals surface area contributed by atoms with Crippen LogP contribution in [-0.4, -0.2) is 11.7 Å². The maximum atomic E-state index is 8.93. The van der Waals surface area contributed by atoms with Crippen molar-refractivity contribution in [2.45, 2.75) is 6.42 Å². The topological polar surface area (TPSA) is 71.0 Å². The highest BCUT2D eigenvalue weighted by Gasteiger charge is 2.03. The zero-order chi connectivity index (χ0) is 12.8. The summed E-state index contributed by atoms with van der Waals surface area (Å²) in [6.45, 7) is 0.0729. The number of nitrogen functional groups attached to an aromatic ring is 1. The summed E-state index contributed by atoms with van der Waals surface area (Å²) in [6.07, 6.45) is 0.528.